The number of carbonyl (C=O) groups excluding carboxylic acids is 2. The Morgan fingerprint density at radius 3 is 1.23 bits per heavy atom. The largest absolute Gasteiger partial charge is 0.480 e. The summed E-state index contributed by atoms with van der Waals surface area (Å²) in [5.74, 6) is -2.35. The topological polar surface area (TPSA) is 169 Å². The first-order chi connectivity index (χ1) is 30.1. The molecular formula is C50H96NO10P. The van der Waals surface area contributed by atoms with Crippen molar-refractivity contribution in [2.75, 3.05) is 19.8 Å². The number of nitrogens with one attached hydrogen (secondary N) is 1. The van der Waals surface area contributed by atoms with Crippen LogP contribution < -0.4 is 5.32 Å². The van der Waals surface area contributed by atoms with Crippen LogP contribution in [0.15, 0.2) is 12.2 Å². The molecule has 0 saturated carbocycles. The maximum atomic E-state index is 12.3. The molecule has 12 heteroatoms. The van der Waals surface area contributed by atoms with E-state index < -0.39 is 57.6 Å². The highest BCUT2D eigenvalue weighted by molar-refractivity contribution is 7.47. The van der Waals surface area contributed by atoms with E-state index in [-0.39, 0.29) is 12.8 Å². The number of allylic oxidation sites excluding steroid dienone is 2. The number of hydrogen-bond acceptors (Lipinski definition) is 8. The van der Waals surface area contributed by atoms with Crippen molar-refractivity contribution in [3.05, 3.63) is 12.2 Å². The van der Waals surface area contributed by atoms with Gasteiger partial charge in [0.05, 0.1) is 13.2 Å². The van der Waals surface area contributed by atoms with E-state index in [1.807, 2.05) is 0 Å². The minimum absolute atomic E-state index is 0.152. The first-order valence-electron chi connectivity index (χ1n) is 25.7. The number of carbonyl (C=O) groups is 3. The molecule has 62 heavy (non-hydrogen) atoms. The highest BCUT2D eigenvalue weighted by atomic mass is 31.2. The number of ether oxygens (including phenoxy) is 1. The van der Waals surface area contributed by atoms with Crippen LogP contribution >= 0.6 is 7.82 Å². The summed E-state index contributed by atoms with van der Waals surface area (Å²) in [5.41, 5.74) is 0. The number of aliphatic hydroxyl groups excluding tert-OH is 1. The van der Waals surface area contributed by atoms with Crippen LogP contribution in [0.1, 0.15) is 258 Å². The smallest absolute Gasteiger partial charge is 0.472 e. The molecular weight excluding hydrogens is 806 g/mol. The van der Waals surface area contributed by atoms with Crippen molar-refractivity contribution in [1.82, 2.24) is 5.32 Å². The number of hydrogen-bond donors (Lipinski definition) is 4. The van der Waals surface area contributed by atoms with E-state index >= 15 is 0 Å². The van der Waals surface area contributed by atoms with Crippen molar-refractivity contribution < 1.29 is 47.8 Å². The molecule has 0 aromatic heterocycles. The number of phosphoric ester groups is 1. The summed E-state index contributed by atoms with van der Waals surface area (Å²) < 4.78 is 26.9. The molecule has 0 bridgehead atoms. The van der Waals surface area contributed by atoms with E-state index in [1.165, 1.54) is 180 Å². The van der Waals surface area contributed by atoms with Crippen LogP contribution in [-0.2, 0) is 32.7 Å². The van der Waals surface area contributed by atoms with Gasteiger partial charge in [0.25, 0.3) is 0 Å². The SMILES string of the molecule is CCCCCCCC/C=C/CCCCCCCCCCCCCCCC(=O)OCC(O)COP(=O)(O)OCC(NC(=O)CCCCCCCCCCCCCCCCC)C(=O)O. The number of unbranched alkanes of at least 4 members (excludes halogenated alkanes) is 33. The van der Waals surface area contributed by atoms with Gasteiger partial charge >= 0.3 is 19.8 Å². The lowest BCUT2D eigenvalue weighted by atomic mass is 10.0. The van der Waals surface area contributed by atoms with Crippen molar-refractivity contribution in [1.29, 1.82) is 0 Å². The van der Waals surface area contributed by atoms with E-state index in [0.29, 0.717) is 12.8 Å². The number of esters is 1. The van der Waals surface area contributed by atoms with Crippen molar-refractivity contribution in [2.45, 2.75) is 270 Å². The maximum absolute atomic E-state index is 12.3. The molecule has 0 rings (SSSR count). The second-order valence-electron chi connectivity index (χ2n) is 17.7. The van der Waals surface area contributed by atoms with Crippen LogP contribution in [0, 0.1) is 0 Å². The molecule has 0 aromatic rings. The van der Waals surface area contributed by atoms with Gasteiger partial charge in [-0.3, -0.25) is 18.6 Å². The predicted octanol–water partition coefficient (Wildman–Crippen LogP) is 14.0. The lowest BCUT2D eigenvalue weighted by Gasteiger charge is -2.18. The van der Waals surface area contributed by atoms with Crippen LogP contribution in [0.4, 0.5) is 0 Å². The quantitative estimate of drug-likeness (QED) is 0.0200. The standard InChI is InChI=1S/C50H96NO10P/c1-3-5-7-9-11-13-15-17-19-20-21-22-23-24-25-26-28-30-32-34-36-38-40-42-49(54)59-43-46(52)44-60-62(57,58)61-45-47(50(55)56)51-48(53)41-39-37-35-33-31-29-27-18-16-14-12-10-8-6-4-2/h17,19,46-47,52H,3-16,18,20-45H2,1-2H3,(H,51,53)(H,55,56)(H,57,58)/b19-17+. The Bertz CT molecular complexity index is 1110. The van der Waals surface area contributed by atoms with Crippen LogP contribution in [0.2, 0.25) is 0 Å². The summed E-state index contributed by atoms with van der Waals surface area (Å²) in [7, 11) is -4.75. The monoisotopic (exact) mass is 902 g/mol. The highest BCUT2D eigenvalue weighted by Crippen LogP contribution is 2.43. The maximum Gasteiger partial charge on any atom is 0.472 e. The summed E-state index contributed by atoms with van der Waals surface area (Å²) in [6, 6.07) is -1.54. The molecule has 0 aliphatic rings. The van der Waals surface area contributed by atoms with Crippen molar-refractivity contribution in [3.8, 4) is 0 Å². The molecule has 0 saturated heterocycles. The Morgan fingerprint density at radius 1 is 0.500 bits per heavy atom. The Balaban J connectivity index is 3.76. The molecule has 0 aliphatic carbocycles. The molecule has 3 atom stereocenters. The van der Waals surface area contributed by atoms with Crippen LogP contribution in [0.5, 0.6) is 0 Å². The van der Waals surface area contributed by atoms with Gasteiger partial charge in [0.2, 0.25) is 5.91 Å². The molecule has 0 spiro atoms. The minimum atomic E-state index is -4.75. The summed E-state index contributed by atoms with van der Waals surface area (Å²) in [6.07, 6.45) is 48.1. The van der Waals surface area contributed by atoms with Crippen molar-refractivity contribution >= 4 is 25.7 Å². The van der Waals surface area contributed by atoms with Crippen LogP contribution in [0.3, 0.4) is 0 Å². The summed E-state index contributed by atoms with van der Waals surface area (Å²) in [6.45, 7) is 2.63. The average Bonchev–Trinajstić information content (AvgIpc) is 3.25. The summed E-state index contributed by atoms with van der Waals surface area (Å²) in [4.78, 5) is 46.1. The summed E-state index contributed by atoms with van der Waals surface area (Å²) in [5, 5.41) is 21.9. The second kappa shape index (κ2) is 45.8. The summed E-state index contributed by atoms with van der Waals surface area (Å²) >= 11 is 0. The number of aliphatic hydroxyl groups is 1. The van der Waals surface area contributed by atoms with Gasteiger partial charge in [0.15, 0.2) is 6.04 Å². The van der Waals surface area contributed by atoms with Gasteiger partial charge in [-0.05, 0) is 38.5 Å². The molecule has 0 aromatic carbocycles. The van der Waals surface area contributed by atoms with Gasteiger partial charge < -0.3 is 25.2 Å². The highest BCUT2D eigenvalue weighted by Gasteiger charge is 2.28. The lowest BCUT2D eigenvalue weighted by Crippen LogP contribution is -2.43. The molecule has 11 nitrogen and oxygen atoms in total. The fourth-order valence-corrected chi connectivity index (χ4v) is 8.32. The zero-order valence-corrected chi connectivity index (χ0v) is 40.8. The number of rotatable bonds is 49. The fraction of sp³-hybridized carbons (Fsp3) is 0.900. The third-order valence-corrected chi connectivity index (χ3v) is 12.5. The average molecular weight is 902 g/mol. The third-order valence-electron chi connectivity index (χ3n) is 11.6. The Kier molecular flexibility index (Phi) is 44.5. The predicted molar refractivity (Wildman–Crippen MR) is 254 cm³/mol. The normalized spacial score (nSPS) is 13.6. The molecule has 0 fully saturated rings. The van der Waals surface area contributed by atoms with Gasteiger partial charge in [-0.25, -0.2) is 9.36 Å². The Labute approximate surface area is 379 Å². The van der Waals surface area contributed by atoms with E-state index in [4.69, 9.17) is 13.8 Å². The van der Waals surface area contributed by atoms with Gasteiger partial charge in [-0.1, -0.05) is 219 Å². The molecule has 1 amide bonds. The van der Waals surface area contributed by atoms with E-state index in [1.54, 1.807) is 0 Å². The fourth-order valence-electron chi connectivity index (χ4n) is 7.55. The zero-order chi connectivity index (χ0) is 45.6. The molecule has 4 N–H and O–H groups in total. The molecule has 0 radical (unpaired) electrons. The molecule has 0 aliphatic heterocycles. The van der Waals surface area contributed by atoms with E-state index in [9.17, 15) is 34.1 Å². The van der Waals surface area contributed by atoms with Crippen LogP contribution in [-0.4, -0.2) is 64.9 Å². The Hall–Kier alpha value is -1.78. The minimum Gasteiger partial charge on any atom is -0.480 e. The van der Waals surface area contributed by atoms with Crippen LogP contribution in [0.25, 0.3) is 0 Å². The van der Waals surface area contributed by atoms with Gasteiger partial charge in [-0.15, -0.1) is 0 Å². The number of amides is 1. The molecule has 3 unspecified atom stereocenters. The van der Waals surface area contributed by atoms with Gasteiger partial charge in [0.1, 0.15) is 12.7 Å². The van der Waals surface area contributed by atoms with Crippen molar-refractivity contribution in [2.24, 2.45) is 0 Å². The number of phosphoric acid groups is 1. The van der Waals surface area contributed by atoms with E-state index in [0.717, 1.165) is 38.5 Å². The van der Waals surface area contributed by atoms with Gasteiger partial charge in [0, 0.05) is 12.8 Å². The second-order valence-corrected chi connectivity index (χ2v) is 19.2. The molecule has 0 heterocycles. The van der Waals surface area contributed by atoms with E-state index in [2.05, 4.69) is 31.3 Å². The zero-order valence-electron chi connectivity index (χ0n) is 39.9. The van der Waals surface area contributed by atoms with Crippen molar-refractivity contribution in [3.63, 3.8) is 0 Å². The first kappa shape index (κ1) is 60.2. The number of carboxylic acids is 1. The molecule has 366 valence electrons. The van der Waals surface area contributed by atoms with Gasteiger partial charge in [-0.2, -0.15) is 0 Å². The third kappa shape index (κ3) is 44.8. The number of aliphatic carboxylic acids is 1. The first-order valence-corrected chi connectivity index (χ1v) is 27.2. The number of carboxylic acid groups (broad SMARTS) is 1. The lowest BCUT2D eigenvalue weighted by molar-refractivity contribution is -0.147. The Morgan fingerprint density at radius 2 is 0.839 bits per heavy atom.